The summed E-state index contributed by atoms with van der Waals surface area (Å²) in [5.41, 5.74) is -0.363. The number of hydrogen-bond donors (Lipinski definition) is 0. The minimum Gasteiger partial charge on any atom is -0.344 e. The lowest BCUT2D eigenvalue weighted by atomic mass is 10.5. The van der Waals surface area contributed by atoms with Gasteiger partial charge in [0.05, 0.1) is 6.33 Å². The first kappa shape index (κ1) is 13.2. The Kier molecular flexibility index (Phi) is 4.49. The molecule has 1 rings (SSSR count). The Balaban J connectivity index is 2.95. The molecule has 0 saturated heterocycles. The van der Waals surface area contributed by atoms with Gasteiger partial charge in [-0.25, -0.2) is 4.98 Å². The number of amides is 1. The first-order chi connectivity index (χ1) is 7.47. The van der Waals surface area contributed by atoms with Crippen molar-refractivity contribution in [2.24, 2.45) is 0 Å². The van der Waals surface area contributed by atoms with Crippen LogP contribution in [0.2, 0.25) is 5.15 Å². The average molecular weight is 309 g/mol. The van der Waals surface area contributed by atoms with Crippen LogP contribution >= 0.6 is 27.5 Å². The summed E-state index contributed by atoms with van der Waals surface area (Å²) in [6.07, 6.45) is 1.26. The molecule has 0 saturated carbocycles. The van der Waals surface area contributed by atoms with E-state index in [9.17, 15) is 9.59 Å². The van der Waals surface area contributed by atoms with Crippen LogP contribution in [0.4, 0.5) is 0 Å². The van der Waals surface area contributed by atoms with Crippen LogP contribution in [0.3, 0.4) is 0 Å². The van der Waals surface area contributed by atoms with Gasteiger partial charge in [-0.2, -0.15) is 0 Å². The molecule has 0 unspecified atom stereocenters. The van der Waals surface area contributed by atoms with Crippen molar-refractivity contribution in [2.75, 3.05) is 13.6 Å². The Morgan fingerprint density at radius 2 is 2.31 bits per heavy atom. The van der Waals surface area contributed by atoms with Crippen molar-refractivity contribution >= 4 is 33.4 Å². The Morgan fingerprint density at radius 3 is 2.88 bits per heavy atom. The molecule has 1 aromatic heterocycles. The van der Waals surface area contributed by atoms with Crippen molar-refractivity contribution in [3.05, 3.63) is 26.3 Å². The van der Waals surface area contributed by atoms with Gasteiger partial charge >= 0.3 is 0 Å². The van der Waals surface area contributed by atoms with E-state index in [0.717, 1.165) is 0 Å². The zero-order valence-corrected chi connectivity index (χ0v) is 11.2. The van der Waals surface area contributed by atoms with Gasteiger partial charge in [-0.1, -0.05) is 11.6 Å². The fourth-order valence-corrected chi connectivity index (χ4v) is 1.45. The zero-order valence-electron chi connectivity index (χ0n) is 8.91. The molecule has 1 aromatic rings. The topological polar surface area (TPSA) is 55.2 Å². The lowest BCUT2D eigenvalue weighted by Crippen LogP contribution is -2.34. The highest BCUT2D eigenvalue weighted by Gasteiger charge is 2.12. The third-order valence-corrected chi connectivity index (χ3v) is 3.38. The van der Waals surface area contributed by atoms with E-state index in [2.05, 4.69) is 20.9 Å². The van der Waals surface area contributed by atoms with Crippen LogP contribution in [-0.2, 0) is 11.3 Å². The molecule has 0 radical (unpaired) electrons. The second-order valence-electron chi connectivity index (χ2n) is 3.19. The van der Waals surface area contributed by atoms with Crippen LogP contribution in [0.15, 0.2) is 15.6 Å². The summed E-state index contributed by atoms with van der Waals surface area (Å²) in [7, 11) is 1.67. The molecule has 88 valence electrons. The second-order valence-corrected chi connectivity index (χ2v) is 4.34. The van der Waals surface area contributed by atoms with Crippen LogP contribution in [-0.4, -0.2) is 34.0 Å². The highest BCUT2D eigenvalue weighted by molar-refractivity contribution is 9.10. The molecule has 0 fully saturated rings. The highest BCUT2D eigenvalue weighted by atomic mass is 79.9. The van der Waals surface area contributed by atoms with E-state index in [1.807, 2.05) is 6.92 Å². The Hall–Kier alpha value is -0.880. The molecule has 0 bridgehead atoms. The standard InChI is InChI=1S/C9H11BrClN3O2/c1-3-13(2)6(15)4-14-5-12-8(11)7(10)9(14)16/h5H,3-4H2,1-2H3. The third kappa shape index (κ3) is 2.82. The number of nitrogens with zero attached hydrogens (tertiary/aromatic N) is 3. The number of halogens is 2. The molecule has 5 nitrogen and oxygen atoms in total. The van der Waals surface area contributed by atoms with E-state index in [4.69, 9.17) is 11.6 Å². The predicted molar refractivity (Wildman–Crippen MR) is 64.5 cm³/mol. The molecule has 0 N–H and O–H groups in total. The highest BCUT2D eigenvalue weighted by Crippen LogP contribution is 2.13. The van der Waals surface area contributed by atoms with E-state index in [1.165, 1.54) is 15.8 Å². The number of aromatic nitrogens is 2. The number of carbonyl (C=O) groups excluding carboxylic acids is 1. The van der Waals surface area contributed by atoms with Gasteiger partial charge in [0.15, 0.2) is 5.15 Å². The number of carbonyl (C=O) groups is 1. The molecular formula is C9H11BrClN3O2. The Morgan fingerprint density at radius 1 is 1.69 bits per heavy atom. The van der Waals surface area contributed by atoms with Crippen molar-refractivity contribution in [1.82, 2.24) is 14.5 Å². The van der Waals surface area contributed by atoms with Crippen molar-refractivity contribution in [2.45, 2.75) is 13.5 Å². The molecule has 1 amide bonds. The lowest BCUT2D eigenvalue weighted by molar-refractivity contribution is -0.130. The summed E-state index contributed by atoms with van der Waals surface area (Å²) in [6, 6.07) is 0. The average Bonchev–Trinajstić information content (AvgIpc) is 2.28. The van der Waals surface area contributed by atoms with Crippen LogP contribution in [0.25, 0.3) is 0 Å². The van der Waals surface area contributed by atoms with Crippen molar-refractivity contribution in [3.8, 4) is 0 Å². The maximum Gasteiger partial charge on any atom is 0.269 e. The van der Waals surface area contributed by atoms with Crippen LogP contribution in [0.5, 0.6) is 0 Å². The van der Waals surface area contributed by atoms with E-state index in [1.54, 1.807) is 7.05 Å². The summed E-state index contributed by atoms with van der Waals surface area (Å²) >= 11 is 8.67. The summed E-state index contributed by atoms with van der Waals surface area (Å²) in [5.74, 6) is -0.152. The van der Waals surface area contributed by atoms with E-state index in [0.29, 0.717) is 6.54 Å². The van der Waals surface area contributed by atoms with Gasteiger partial charge in [-0.05, 0) is 22.9 Å². The molecule has 0 spiro atoms. The third-order valence-electron chi connectivity index (χ3n) is 2.15. The quantitative estimate of drug-likeness (QED) is 0.787. The molecule has 0 aliphatic heterocycles. The SMILES string of the molecule is CCN(C)C(=O)Cn1cnc(Cl)c(Br)c1=O. The summed E-state index contributed by atoms with van der Waals surface area (Å²) in [5, 5.41) is 0.0949. The minimum absolute atomic E-state index is 0.0358. The molecule has 7 heteroatoms. The predicted octanol–water partition coefficient (Wildman–Crippen LogP) is 1.14. The summed E-state index contributed by atoms with van der Waals surface area (Å²) < 4.78 is 1.38. The van der Waals surface area contributed by atoms with Gasteiger partial charge in [0.25, 0.3) is 5.56 Å². The fraction of sp³-hybridized carbons (Fsp3) is 0.444. The number of hydrogen-bond acceptors (Lipinski definition) is 3. The van der Waals surface area contributed by atoms with Gasteiger partial charge in [0, 0.05) is 13.6 Å². The largest absolute Gasteiger partial charge is 0.344 e. The minimum atomic E-state index is -0.363. The Bertz CT molecular complexity index is 461. The smallest absolute Gasteiger partial charge is 0.269 e. The van der Waals surface area contributed by atoms with E-state index < -0.39 is 0 Å². The van der Waals surface area contributed by atoms with E-state index >= 15 is 0 Å². The number of rotatable bonds is 3. The monoisotopic (exact) mass is 307 g/mol. The van der Waals surface area contributed by atoms with Gasteiger partial charge in [0.1, 0.15) is 11.0 Å². The van der Waals surface area contributed by atoms with Crippen molar-refractivity contribution < 1.29 is 4.79 Å². The Labute approximate surface area is 106 Å². The first-order valence-corrected chi connectivity index (χ1v) is 5.78. The molecule has 0 aliphatic carbocycles. The molecule has 0 atom stereocenters. The van der Waals surface area contributed by atoms with Gasteiger partial charge in [-0.3, -0.25) is 14.2 Å². The van der Waals surface area contributed by atoms with Crippen molar-refractivity contribution in [1.29, 1.82) is 0 Å². The van der Waals surface area contributed by atoms with Gasteiger partial charge < -0.3 is 4.90 Å². The molecule has 0 aliphatic rings. The maximum absolute atomic E-state index is 11.7. The van der Waals surface area contributed by atoms with Crippen LogP contribution in [0.1, 0.15) is 6.92 Å². The molecule has 0 aromatic carbocycles. The second kappa shape index (κ2) is 5.45. The number of likely N-dealkylation sites (N-methyl/N-ethyl adjacent to an activating group) is 1. The molecule has 1 heterocycles. The molecule has 16 heavy (non-hydrogen) atoms. The van der Waals surface area contributed by atoms with Gasteiger partial charge in [0.2, 0.25) is 5.91 Å². The fourth-order valence-electron chi connectivity index (χ4n) is 0.999. The van der Waals surface area contributed by atoms with Crippen LogP contribution in [0, 0.1) is 0 Å². The van der Waals surface area contributed by atoms with Crippen molar-refractivity contribution in [3.63, 3.8) is 0 Å². The summed E-state index contributed by atoms with van der Waals surface area (Å²) in [4.78, 5) is 28.6. The lowest BCUT2D eigenvalue weighted by Gasteiger charge is -2.15. The molecular weight excluding hydrogens is 297 g/mol. The van der Waals surface area contributed by atoms with Gasteiger partial charge in [-0.15, -0.1) is 0 Å². The normalized spacial score (nSPS) is 10.2. The zero-order chi connectivity index (χ0) is 12.3. The first-order valence-electron chi connectivity index (χ1n) is 4.61. The maximum atomic E-state index is 11.7. The van der Waals surface area contributed by atoms with Crippen LogP contribution < -0.4 is 5.56 Å². The van der Waals surface area contributed by atoms with E-state index in [-0.39, 0.29) is 27.6 Å². The summed E-state index contributed by atoms with van der Waals surface area (Å²) in [6.45, 7) is 2.42.